The van der Waals surface area contributed by atoms with Crippen molar-refractivity contribution in [1.29, 1.82) is 0 Å². The number of aliphatic hydroxyl groups is 1. The number of methoxy groups -OCH3 is 1. The van der Waals surface area contributed by atoms with E-state index >= 15 is 0 Å². The molecule has 0 atom stereocenters. The average molecular weight is 209 g/mol. The molecule has 3 nitrogen and oxygen atoms in total. The van der Waals surface area contributed by atoms with Crippen LogP contribution in [0.5, 0.6) is 5.88 Å². The zero-order valence-electron chi connectivity index (χ0n) is 10.0. The summed E-state index contributed by atoms with van der Waals surface area (Å²) < 4.78 is 5.18. The van der Waals surface area contributed by atoms with Crippen LogP contribution in [0.1, 0.15) is 44.7 Å². The Labute approximate surface area is 91.1 Å². The maximum absolute atomic E-state index is 9.88. The average Bonchev–Trinajstić information content (AvgIpc) is 2.15. The Bertz CT molecular complexity index is 340. The van der Waals surface area contributed by atoms with E-state index in [1.54, 1.807) is 27.2 Å². The Kier molecular flexibility index (Phi) is 3.35. The van der Waals surface area contributed by atoms with Gasteiger partial charge < -0.3 is 9.84 Å². The van der Waals surface area contributed by atoms with Crippen LogP contribution in [0, 0.1) is 0 Å². The van der Waals surface area contributed by atoms with Crippen molar-refractivity contribution in [3.63, 3.8) is 0 Å². The highest BCUT2D eigenvalue weighted by Crippen LogP contribution is 2.28. The summed E-state index contributed by atoms with van der Waals surface area (Å²) in [6, 6.07) is 1.95. The lowest BCUT2D eigenvalue weighted by Crippen LogP contribution is -2.16. The second-order valence-corrected chi connectivity index (χ2v) is 4.54. The quantitative estimate of drug-likeness (QED) is 0.831. The molecular formula is C12H19NO2. The largest absolute Gasteiger partial charge is 0.481 e. The van der Waals surface area contributed by atoms with Gasteiger partial charge in [-0.3, -0.25) is 0 Å². The first kappa shape index (κ1) is 12.0. The molecule has 1 aromatic rings. The van der Waals surface area contributed by atoms with Crippen molar-refractivity contribution in [2.45, 2.75) is 39.2 Å². The smallest absolute Gasteiger partial charge is 0.216 e. The summed E-state index contributed by atoms with van der Waals surface area (Å²) in [5.41, 5.74) is 0.979. The summed E-state index contributed by atoms with van der Waals surface area (Å²) in [5.74, 6) is 0.966. The normalized spacial score (nSPS) is 11.9. The van der Waals surface area contributed by atoms with Gasteiger partial charge in [0.1, 0.15) is 0 Å². The van der Waals surface area contributed by atoms with E-state index in [1.165, 1.54) is 0 Å². The number of hydrogen-bond acceptors (Lipinski definition) is 3. The van der Waals surface area contributed by atoms with Crippen LogP contribution >= 0.6 is 0 Å². The molecule has 0 amide bonds. The molecule has 0 bridgehead atoms. The highest BCUT2D eigenvalue weighted by molar-refractivity contribution is 5.34. The van der Waals surface area contributed by atoms with E-state index in [0.29, 0.717) is 11.8 Å². The van der Waals surface area contributed by atoms with E-state index in [4.69, 9.17) is 4.74 Å². The van der Waals surface area contributed by atoms with Crippen molar-refractivity contribution in [3.8, 4) is 5.88 Å². The topological polar surface area (TPSA) is 42.4 Å². The molecule has 84 valence electrons. The maximum atomic E-state index is 9.88. The molecule has 15 heavy (non-hydrogen) atoms. The summed E-state index contributed by atoms with van der Waals surface area (Å²) in [6.07, 6.45) is 1.66. The molecule has 0 aliphatic carbocycles. The van der Waals surface area contributed by atoms with Gasteiger partial charge in [0.05, 0.1) is 12.7 Å². The summed E-state index contributed by atoms with van der Waals surface area (Å²) >= 11 is 0. The molecule has 1 rings (SSSR count). The van der Waals surface area contributed by atoms with E-state index in [9.17, 15) is 5.11 Å². The number of hydrogen-bond donors (Lipinski definition) is 1. The molecule has 0 fully saturated rings. The van der Waals surface area contributed by atoms with Crippen LogP contribution in [0.3, 0.4) is 0 Å². The summed E-state index contributed by atoms with van der Waals surface area (Å²) in [5, 5.41) is 9.88. The molecule has 3 heteroatoms. The standard InChI is InChI=1S/C12H19NO2/c1-8(2)10-6-9(12(3,4)14)7-13-11(10)15-5/h6-8,14H,1-5H3. The third kappa shape index (κ3) is 2.69. The molecule has 1 heterocycles. The minimum absolute atomic E-state index is 0.328. The van der Waals surface area contributed by atoms with E-state index in [0.717, 1.165) is 11.1 Å². The van der Waals surface area contributed by atoms with Crippen LogP contribution in [0.15, 0.2) is 12.3 Å². The number of aromatic nitrogens is 1. The summed E-state index contributed by atoms with van der Waals surface area (Å²) in [4.78, 5) is 4.20. The van der Waals surface area contributed by atoms with Crippen LogP contribution in [0.4, 0.5) is 0 Å². The van der Waals surface area contributed by atoms with E-state index < -0.39 is 5.60 Å². The lowest BCUT2D eigenvalue weighted by Gasteiger charge is -2.20. The SMILES string of the molecule is COc1ncc(C(C)(C)O)cc1C(C)C. The molecule has 0 aliphatic rings. The van der Waals surface area contributed by atoms with Crippen molar-refractivity contribution in [3.05, 3.63) is 23.4 Å². The molecule has 0 aliphatic heterocycles. The van der Waals surface area contributed by atoms with Crippen LogP contribution in [0.25, 0.3) is 0 Å². The number of ether oxygens (including phenoxy) is 1. The van der Waals surface area contributed by atoms with Crippen LogP contribution < -0.4 is 4.74 Å². The Balaban J connectivity index is 3.22. The van der Waals surface area contributed by atoms with Gasteiger partial charge in [-0.05, 0) is 25.8 Å². The second-order valence-electron chi connectivity index (χ2n) is 4.54. The van der Waals surface area contributed by atoms with Crippen LogP contribution in [-0.4, -0.2) is 17.2 Å². The third-order valence-electron chi connectivity index (χ3n) is 2.40. The summed E-state index contributed by atoms with van der Waals surface area (Å²) in [7, 11) is 1.61. The lowest BCUT2D eigenvalue weighted by molar-refractivity contribution is 0.0780. The van der Waals surface area contributed by atoms with E-state index in [2.05, 4.69) is 18.8 Å². The first-order valence-corrected chi connectivity index (χ1v) is 5.13. The molecule has 0 radical (unpaired) electrons. The van der Waals surface area contributed by atoms with Gasteiger partial charge in [-0.1, -0.05) is 13.8 Å². The predicted octanol–water partition coefficient (Wildman–Crippen LogP) is 2.44. The van der Waals surface area contributed by atoms with Crippen molar-refractivity contribution in [2.24, 2.45) is 0 Å². The minimum Gasteiger partial charge on any atom is -0.481 e. The molecule has 0 spiro atoms. The van der Waals surface area contributed by atoms with Gasteiger partial charge in [0.2, 0.25) is 5.88 Å². The van der Waals surface area contributed by atoms with E-state index in [1.807, 2.05) is 6.07 Å². The second kappa shape index (κ2) is 4.19. The lowest BCUT2D eigenvalue weighted by atomic mass is 9.95. The molecule has 0 saturated heterocycles. The van der Waals surface area contributed by atoms with Gasteiger partial charge in [-0.25, -0.2) is 4.98 Å². The van der Waals surface area contributed by atoms with Gasteiger partial charge in [0.15, 0.2) is 0 Å². The first-order valence-electron chi connectivity index (χ1n) is 5.13. The highest BCUT2D eigenvalue weighted by Gasteiger charge is 2.19. The van der Waals surface area contributed by atoms with Crippen molar-refractivity contribution in [2.75, 3.05) is 7.11 Å². The van der Waals surface area contributed by atoms with Crippen LogP contribution in [-0.2, 0) is 5.60 Å². The van der Waals surface area contributed by atoms with Crippen molar-refractivity contribution in [1.82, 2.24) is 4.98 Å². The molecular weight excluding hydrogens is 190 g/mol. The Morgan fingerprint density at radius 2 is 2.00 bits per heavy atom. The van der Waals surface area contributed by atoms with Gasteiger partial charge in [0.25, 0.3) is 0 Å². The van der Waals surface area contributed by atoms with Gasteiger partial charge in [0, 0.05) is 17.3 Å². The third-order valence-corrected chi connectivity index (χ3v) is 2.40. The molecule has 0 unspecified atom stereocenters. The molecule has 1 N–H and O–H groups in total. The Hall–Kier alpha value is -1.09. The Morgan fingerprint density at radius 3 is 2.40 bits per heavy atom. The number of pyridine rings is 1. The zero-order chi connectivity index (χ0) is 11.6. The predicted molar refractivity (Wildman–Crippen MR) is 60.1 cm³/mol. The van der Waals surface area contributed by atoms with E-state index in [-0.39, 0.29) is 0 Å². The molecule has 0 aromatic carbocycles. The van der Waals surface area contributed by atoms with Crippen molar-refractivity contribution >= 4 is 0 Å². The van der Waals surface area contributed by atoms with Gasteiger partial charge in [-0.2, -0.15) is 0 Å². The monoisotopic (exact) mass is 209 g/mol. The highest BCUT2D eigenvalue weighted by atomic mass is 16.5. The minimum atomic E-state index is -0.858. The van der Waals surface area contributed by atoms with Gasteiger partial charge >= 0.3 is 0 Å². The maximum Gasteiger partial charge on any atom is 0.216 e. The fraction of sp³-hybridized carbons (Fsp3) is 0.583. The Morgan fingerprint density at radius 1 is 1.40 bits per heavy atom. The molecule has 1 aromatic heterocycles. The fourth-order valence-corrected chi connectivity index (χ4v) is 1.39. The first-order chi connectivity index (χ1) is 6.86. The zero-order valence-corrected chi connectivity index (χ0v) is 10.0. The summed E-state index contributed by atoms with van der Waals surface area (Å²) in [6.45, 7) is 7.66. The molecule has 0 saturated carbocycles. The van der Waals surface area contributed by atoms with Gasteiger partial charge in [-0.15, -0.1) is 0 Å². The van der Waals surface area contributed by atoms with Crippen LogP contribution in [0.2, 0.25) is 0 Å². The number of rotatable bonds is 3. The fourth-order valence-electron chi connectivity index (χ4n) is 1.39. The van der Waals surface area contributed by atoms with Crippen molar-refractivity contribution < 1.29 is 9.84 Å². The number of nitrogens with zero attached hydrogens (tertiary/aromatic N) is 1.